The molecule has 0 aromatic heterocycles. The summed E-state index contributed by atoms with van der Waals surface area (Å²) in [5.74, 6) is 0.991. The Labute approximate surface area is 98.9 Å². The van der Waals surface area contributed by atoms with Crippen molar-refractivity contribution < 1.29 is 9.47 Å². The molecule has 1 heterocycles. The normalized spacial score (nSPS) is 17.1. The lowest BCUT2D eigenvalue weighted by atomic mass is 10.4. The van der Waals surface area contributed by atoms with E-state index in [1.165, 1.54) is 4.90 Å². The first-order chi connectivity index (χ1) is 7.34. The molecule has 1 aliphatic rings. The van der Waals surface area contributed by atoms with E-state index in [0.29, 0.717) is 0 Å². The summed E-state index contributed by atoms with van der Waals surface area (Å²) in [5.41, 5.74) is 0. The summed E-state index contributed by atoms with van der Waals surface area (Å²) >= 11 is 7.67. The zero-order chi connectivity index (χ0) is 10.5. The molecule has 0 aliphatic carbocycles. The minimum absolute atomic E-state index is 0.00307. The maximum atomic E-state index is 5.89. The van der Waals surface area contributed by atoms with E-state index in [4.69, 9.17) is 21.1 Å². The largest absolute Gasteiger partial charge is 0.350 e. The summed E-state index contributed by atoms with van der Waals surface area (Å²) < 4.78 is 10.7. The fourth-order valence-corrected chi connectivity index (χ4v) is 2.59. The molecule has 0 saturated carbocycles. The first kappa shape index (κ1) is 11.3. The van der Waals surface area contributed by atoms with Crippen molar-refractivity contribution in [1.29, 1.82) is 0 Å². The van der Waals surface area contributed by atoms with E-state index in [1.807, 2.05) is 18.2 Å². The SMILES string of the molecule is Clc1cccc(SCCC2OCCO2)c1. The maximum Gasteiger partial charge on any atom is 0.158 e. The number of benzene rings is 1. The van der Waals surface area contributed by atoms with Gasteiger partial charge in [0.1, 0.15) is 0 Å². The number of hydrogen-bond acceptors (Lipinski definition) is 3. The monoisotopic (exact) mass is 244 g/mol. The van der Waals surface area contributed by atoms with Crippen LogP contribution in [0.4, 0.5) is 0 Å². The quantitative estimate of drug-likeness (QED) is 0.758. The van der Waals surface area contributed by atoms with E-state index in [0.717, 1.165) is 30.4 Å². The fourth-order valence-electron chi connectivity index (χ4n) is 1.40. The molecule has 0 spiro atoms. The lowest BCUT2D eigenvalue weighted by molar-refractivity contribution is -0.0421. The van der Waals surface area contributed by atoms with Gasteiger partial charge in [-0.2, -0.15) is 0 Å². The highest BCUT2D eigenvalue weighted by Crippen LogP contribution is 2.23. The highest BCUT2D eigenvalue weighted by Gasteiger charge is 2.14. The average molecular weight is 245 g/mol. The molecular weight excluding hydrogens is 232 g/mol. The number of halogens is 1. The predicted octanol–water partition coefficient (Wildman–Crippen LogP) is 3.20. The molecule has 2 nitrogen and oxygen atoms in total. The molecule has 0 bridgehead atoms. The van der Waals surface area contributed by atoms with Gasteiger partial charge < -0.3 is 9.47 Å². The van der Waals surface area contributed by atoms with Crippen molar-refractivity contribution in [3.8, 4) is 0 Å². The number of rotatable bonds is 4. The second kappa shape index (κ2) is 5.75. The zero-order valence-corrected chi connectivity index (χ0v) is 9.89. The second-order valence-electron chi connectivity index (χ2n) is 3.27. The molecule has 1 aromatic carbocycles. The lowest BCUT2D eigenvalue weighted by Crippen LogP contribution is -2.08. The Morgan fingerprint density at radius 1 is 1.33 bits per heavy atom. The topological polar surface area (TPSA) is 18.5 Å². The van der Waals surface area contributed by atoms with Crippen LogP contribution in [-0.4, -0.2) is 25.3 Å². The van der Waals surface area contributed by atoms with Crippen LogP contribution in [0, 0.1) is 0 Å². The predicted molar refractivity (Wildman–Crippen MR) is 62.5 cm³/mol. The molecule has 82 valence electrons. The van der Waals surface area contributed by atoms with Crippen molar-refractivity contribution in [3.63, 3.8) is 0 Å². The van der Waals surface area contributed by atoms with E-state index in [1.54, 1.807) is 11.8 Å². The third-order valence-corrected chi connectivity index (χ3v) is 3.37. The van der Waals surface area contributed by atoms with Gasteiger partial charge in [-0.3, -0.25) is 0 Å². The van der Waals surface area contributed by atoms with E-state index < -0.39 is 0 Å². The molecule has 2 rings (SSSR count). The summed E-state index contributed by atoms with van der Waals surface area (Å²) in [6, 6.07) is 7.89. The van der Waals surface area contributed by atoms with Crippen LogP contribution in [0.1, 0.15) is 6.42 Å². The van der Waals surface area contributed by atoms with Gasteiger partial charge in [0.15, 0.2) is 6.29 Å². The molecule has 1 aliphatic heterocycles. The van der Waals surface area contributed by atoms with E-state index in [9.17, 15) is 0 Å². The molecule has 4 heteroatoms. The van der Waals surface area contributed by atoms with Crippen molar-refractivity contribution in [2.24, 2.45) is 0 Å². The van der Waals surface area contributed by atoms with Gasteiger partial charge in [0.25, 0.3) is 0 Å². The third kappa shape index (κ3) is 3.68. The van der Waals surface area contributed by atoms with Crippen molar-refractivity contribution >= 4 is 23.4 Å². The van der Waals surface area contributed by atoms with E-state index in [2.05, 4.69) is 6.07 Å². The summed E-state index contributed by atoms with van der Waals surface area (Å²) in [7, 11) is 0. The molecule has 0 unspecified atom stereocenters. The van der Waals surface area contributed by atoms with Crippen LogP contribution < -0.4 is 0 Å². The first-order valence-corrected chi connectivity index (χ1v) is 6.32. The van der Waals surface area contributed by atoms with Gasteiger partial charge in [-0.15, -0.1) is 11.8 Å². The minimum atomic E-state index is -0.00307. The average Bonchev–Trinajstić information content (AvgIpc) is 2.71. The van der Waals surface area contributed by atoms with Gasteiger partial charge in [-0.25, -0.2) is 0 Å². The Morgan fingerprint density at radius 3 is 2.87 bits per heavy atom. The third-order valence-electron chi connectivity index (χ3n) is 2.11. The van der Waals surface area contributed by atoms with Gasteiger partial charge in [0.05, 0.1) is 13.2 Å². The molecule has 0 N–H and O–H groups in total. The van der Waals surface area contributed by atoms with Crippen molar-refractivity contribution in [2.45, 2.75) is 17.6 Å². The molecule has 15 heavy (non-hydrogen) atoms. The highest BCUT2D eigenvalue weighted by molar-refractivity contribution is 7.99. The van der Waals surface area contributed by atoms with Gasteiger partial charge >= 0.3 is 0 Å². The zero-order valence-electron chi connectivity index (χ0n) is 8.32. The number of hydrogen-bond donors (Lipinski definition) is 0. The molecule has 0 amide bonds. The van der Waals surface area contributed by atoms with Crippen LogP contribution in [0.3, 0.4) is 0 Å². The Kier molecular flexibility index (Phi) is 4.32. The first-order valence-electron chi connectivity index (χ1n) is 4.96. The van der Waals surface area contributed by atoms with Gasteiger partial charge in [-0.05, 0) is 18.2 Å². The van der Waals surface area contributed by atoms with E-state index in [-0.39, 0.29) is 6.29 Å². The number of thioether (sulfide) groups is 1. The molecule has 0 radical (unpaired) electrons. The number of ether oxygens (including phenoxy) is 2. The Hall–Kier alpha value is -0.220. The molecule has 1 fully saturated rings. The molecule has 0 atom stereocenters. The molecular formula is C11H13ClO2S. The standard InChI is InChI=1S/C11H13ClO2S/c12-9-2-1-3-10(8-9)15-7-4-11-13-5-6-14-11/h1-3,8,11H,4-7H2. The summed E-state index contributed by atoms with van der Waals surface area (Å²) in [6.07, 6.45) is 0.925. The van der Waals surface area contributed by atoms with Crippen LogP contribution in [-0.2, 0) is 9.47 Å². The minimum Gasteiger partial charge on any atom is -0.350 e. The summed E-state index contributed by atoms with van der Waals surface area (Å²) in [4.78, 5) is 1.19. The van der Waals surface area contributed by atoms with Crippen LogP contribution in [0.15, 0.2) is 29.2 Å². The van der Waals surface area contributed by atoms with Crippen molar-refractivity contribution in [1.82, 2.24) is 0 Å². The van der Waals surface area contributed by atoms with E-state index >= 15 is 0 Å². The van der Waals surface area contributed by atoms with Crippen LogP contribution in [0.25, 0.3) is 0 Å². The van der Waals surface area contributed by atoms with Gasteiger partial charge in [-0.1, -0.05) is 17.7 Å². The second-order valence-corrected chi connectivity index (χ2v) is 4.87. The van der Waals surface area contributed by atoms with Crippen molar-refractivity contribution in [3.05, 3.63) is 29.3 Å². The Bertz CT molecular complexity index is 313. The molecule has 1 saturated heterocycles. The lowest BCUT2D eigenvalue weighted by Gasteiger charge is -2.08. The van der Waals surface area contributed by atoms with Gasteiger partial charge in [0, 0.05) is 22.1 Å². The summed E-state index contributed by atoms with van der Waals surface area (Å²) in [6.45, 7) is 1.46. The fraction of sp³-hybridized carbons (Fsp3) is 0.455. The Morgan fingerprint density at radius 2 is 2.13 bits per heavy atom. The van der Waals surface area contributed by atoms with Crippen LogP contribution in [0.5, 0.6) is 0 Å². The highest BCUT2D eigenvalue weighted by atomic mass is 35.5. The Balaban J connectivity index is 1.73. The van der Waals surface area contributed by atoms with Crippen molar-refractivity contribution in [2.75, 3.05) is 19.0 Å². The smallest absolute Gasteiger partial charge is 0.158 e. The van der Waals surface area contributed by atoms with Crippen LogP contribution >= 0.6 is 23.4 Å². The maximum absolute atomic E-state index is 5.89. The van der Waals surface area contributed by atoms with Crippen LogP contribution in [0.2, 0.25) is 5.02 Å². The summed E-state index contributed by atoms with van der Waals surface area (Å²) in [5, 5.41) is 0.786. The van der Waals surface area contributed by atoms with Gasteiger partial charge in [0.2, 0.25) is 0 Å². The molecule has 1 aromatic rings.